The summed E-state index contributed by atoms with van der Waals surface area (Å²) in [5, 5.41) is 0. The zero-order valence-corrected chi connectivity index (χ0v) is 11.1. The first-order valence-corrected chi connectivity index (χ1v) is 6.76. The van der Waals surface area contributed by atoms with E-state index in [2.05, 4.69) is 36.9 Å². The van der Waals surface area contributed by atoms with Gasteiger partial charge in [0, 0.05) is 25.3 Å². The van der Waals surface area contributed by atoms with Gasteiger partial charge in [-0.05, 0) is 43.2 Å². The van der Waals surface area contributed by atoms with E-state index in [1.165, 1.54) is 49.2 Å². The maximum absolute atomic E-state index is 5.87. The molecule has 1 unspecified atom stereocenters. The van der Waals surface area contributed by atoms with Gasteiger partial charge in [0.25, 0.3) is 0 Å². The lowest BCUT2D eigenvalue weighted by Gasteiger charge is -2.27. The van der Waals surface area contributed by atoms with Gasteiger partial charge < -0.3 is 10.6 Å². The molecule has 0 aliphatic carbocycles. The van der Waals surface area contributed by atoms with Crippen molar-refractivity contribution < 1.29 is 0 Å². The van der Waals surface area contributed by atoms with E-state index in [4.69, 9.17) is 5.73 Å². The second kappa shape index (κ2) is 5.54. The van der Waals surface area contributed by atoms with Gasteiger partial charge in [-0.3, -0.25) is 0 Å². The molecule has 1 fully saturated rings. The highest BCUT2D eigenvalue weighted by Crippen LogP contribution is 2.28. The van der Waals surface area contributed by atoms with Crippen LogP contribution >= 0.6 is 0 Å². The maximum atomic E-state index is 5.87. The van der Waals surface area contributed by atoms with E-state index in [9.17, 15) is 0 Å². The van der Waals surface area contributed by atoms with Gasteiger partial charge in [-0.25, -0.2) is 0 Å². The molecule has 1 aromatic carbocycles. The van der Waals surface area contributed by atoms with Crippen LogP contribution in [-0.4, -0.2) is 13.1 Å². The number of nitrogens with zero attached hydrogens (tertiary/aromatic N) is 1. The van der Waals surface area contributed by atoms with Crippen LogP contribution in [0.5, 0.6) is 0 Å². The van der Waals surface area contributed by atoms with Crippen LogP contribution in [0.1, 0.15) is 37.3 Å². The van der Waals surface area contributed by atoms with Crippen molar-refractivity contribution in [3.8, 4) is 0 Å². The molecule has 1 saturated heterocycles. The molecule has 0 bridgehead atoms. The largest absolute Gasteiger partial charge is 0.371 e. The number of aryl methyl sites for hydroxylation is 1. The molecule has 0 aromatic heterocycles. The molecule has 0 spiro atoms. The van der Waals surface area contributed by atoms with Crippen LogP contribution < -0.4 is 10.6 Å². The van der Waals surface area contributed by atoms with Gasteiger partial charge in [0.05, 0.1) is 0 Å². The van der Waals surface area contributed by atoms with Gasteiger partial charge in [-0.2, -0.15) is 0 Å². The van der Waals surface area contributed by atoms with Crippen LogP contribution in [0.3, 0.4) is 0 Å². The average Bonchev–Trinajstić information content (AvgIpc) is 2.54. The molecular weight excluding hydrogens is 208 g/mol. The molecule has 1 heterocycles. The summed E-state index contributed by atoms with van der Waals surface area (Å²) >= 11 is 0. The Kier molecular flexibility index (Phi) is 4.06. The van der Waals surface area contributed by atoms with E-state index >= 15 is 0 Å². The highest BCUT2D eigenvalue weighted by atomic mass is 15.1. The first-order valence-electron chi connectivity index (χ1n) is 6.76. The van der Waals surface area contributed by atoms with Gasteiger partial charge in [-0.1, -0.05) is 25.1 Å². The summed E-state index contributed by atoms with van der Waals surface area (Å²) in [5.41, 5.74) is 9.91. The summed E-state index contributed by atoms with van der Waals surface area (Å²) in [6, 6.07) is 6.47. The Balaban J connectivity index is 2.26. The lowest BCUT2D eigenvalue weighted by molar-refractivity contribution is 0.521. The fourth-order valence-corrected chi connectivity index (χ4v) is 2.82. The average molecular weight is 232 g/mol. The molecular formula is C15H24N2. The van der Waals surface area contributed by atoms with Crippen LogP contribution in [0.15, 0.2) is 18.2 Å². The predicted molar refractivity (Wildman–Crippen MR) is 74.3 cm³/mol. The van der Waals surface area contributed by atoms with E-state index in [0.29, 0.717) is 6.54 Å². The SMILES string of the molecule is Cc1cccc(CN)c1N1CCCC(C)CC1. The highest BCUT2D eigenvalue weighted by molar-refractivity contribution is 5.59. The topological polar surface area (TPSA) is 29.3 Å². The van der Waals surface area contributed by atoms with Crippen LogP contribution in [0.4, 0.5) is 5.69 Å². The lowest BCUT2D eigenvalue weighted by Crippen LogP contribution is -2.26. The number of hydrogen-bond acceptors (Lipinski definition) is 2. The molecule has 2 rings (SSSR count). The molecule has 1 aliphatic heterocycles. The fraction of sp³-hybridized carbons (Fsp3) is 0.600. The molecule has 0 radical (unpaired) electrons. The number of para-hydroxylation sites is 1. The van der Waals surface area contributed by atoms with E-state index in [1.54, 1.807) is 0 Å². The molecule has 2 heteroatoms. The number of benzene rings is 1. The van der Waals surface area contributed by atoms with Crippen molar-refractivity contribution in [1.82, 2.24) is 0 Å². The Labute approximate surface area is 105 Å². The maximum Gasteiger partial charge on any atom is 0.0441 e. The Morgan fingerprint density at radius 2 is 2.12 bits per heavy atom. The molecule has 0 amide bonds. The summed E-state index contributed by atoms with van der Waals surface area (Å²) < 4.78 is 0. The molecule has 17 heavy (non-hydrogen) atoms. The molecule has 94 valence electrons. The Hall–Kier alpha value is -1.02. The number of rotatable bonds is 2. The first kappa shape index (κ1) is 12.4. The van der Waals surface area contributed by atoms with Crippen molar-refractivity contribution in [3.05, 3.63) is 29.3 Å². The molecule has 2 nitrogen and oxygen atoms in total. The monoisotopic (exact) mass is 232 g/mol. The van der Waals surface area contributed by atoms with Crippen molar-refractivity contribution in [2.75, 3.05) is 18.0 Å². The van der Waals surface area contributed by atoms with E-state index in [-0.39, 0.29) is 0 Å². The quantitative estimate of drug-likeness (QED) is 0.849. The Bertz CT molecular complexity index is 373. The van der Waals surface area contributed by atoms with Gasteiger partial charge in [0.1, 0.15) is 0 Å². The van der Waals surface area contributed by atoms with E-state index < -0.39 is 0 Å². The smallest absolute Gasteiger partial charge is 0.0441 e. The summed E-state index contributed by atoms with van der Waals surface area (Å²) in [5.74, 6) is 0.866. The minimum atomic E-state index is 0.642. The predicted octanol–water partition coefficient (Wildman–Crippen LogP) is 3.08. The van der Waals surface area contributed by atoms with Crippen molar-refractivity contribution in [2.24, 2.45) is 11.7 Å². The molecule has 1 atom stereocenters. The number of anilines is 1. The normalized spacial score (nSPS) is 21.4. The van der Waals surface area contributed by atoms with Gasteiger partial charge in [0.2, 0.25) is 0 Å². The summed E-state index contributed by atoms with van der Waals surface area (Å²) in [6.45, 7) is 7.57. The minimum absolute atomic E-state index is 0.642. The second-order valence-electron chi connectivity index (χ2n) is 5.31. The Morgan fingerprint density at radius 3 is 2.88 bits per heavy atom. The van der Waals surface area contributed by atoms with Crippen molar-refractivity contribution in [2.45, 2.75) is 39.7 Å². The van der Waals surface area contributed by atoms with E-state index in [0.717, 1.165) is 5.92 Å². The van der Waals surface area contributed by atoms with Crippen molar-refractivity contribution in [3.63, 3.8) is 0 Å². The number of nitrogens with two attached hydrogens (primary N) is 1. The lowest BCUT2D eigenvalue weighted by atomic mass is 10.0. The minimum Gasteiger partial charge on any atom is -0.371 e. The van der Waals surface area contributed by atoms with Crippen molar-refractivity contribution in [1.29, 1.82) is 0 Å². The molecule has 1 aromatic rings. The van der Waals surface area contributed by atoms with E-state index in [1.807, 2.05) is 0 Å². The summed E-state index contributed by atoms with van der Waals surface area (Å²) in [6.07, 6.45) is 3.97. The third-order valence-corrected chi connectivity index (χ3v) is 3.87. The van der Waals surface area contributed by atoms with Gasteiger partial charge in [-0.15, -0.1) is 0 Å². The van der Waals surface area contributed by atoms with Crippen LogP contribution in [-0.2, 0) is 6.54 Å². The van der Waals surface area contributed by atoms with Gasteiger partial charge >= 0.3 is 0 Å². The summed E-state index contributed by atoms with van der Waals surface area (Å²) in [4.78, 5) is 2.54. The Morgan fingerprint density at radius 1 is 1.29 bits per heavy atom. The molecule has 2 N–H and O–H groups in total. The highest BCUT2D eigenvalue weighted by Gasteiger charge is 2.17. The van der Waals surface area contributed by atoms with Gasteiger partial charge in [0.15, 0.2) is 0 Å². The fourth-order valence-electron chi connectivity index (χ4n) is 2.82. The van der Waals surface area contributed by atoms with Crippen LogP contribution in [0, 0.1) is 12.8 Å². The molecule has 0 saturated carbocycles. The first-order chi connectivity index (χ1) is 8.22. The third-order valence-electron chi connectivity index (χ3n) is 3.87. The standard InChI is InChI=1S/C15H24N2/c1-12-5-4-9-17(10-8-12)15-13(2)6-3-7-14(15)11-16/h3,6-7,12H,4-5,8-11,16H2,1-2H3. The van der Waals surface area contributed by atoms with Crippen LogP contribution in [0.2, 0.25) is 0 Å². The summed E-state index contributed by atoms with van der Waals surface area (Å²) in [7, 11) is 0. The zero-order chi connectivity index (χ0) is 12.3. The third kappa shape index (κ3) is 2.81. The second-order valence-corrected chi connectivity index (χ2v) is 5.31. The van der Waals surface area contributed by atoms with Crippen molar-refractivity contribution >= 4 is 5.69 Å². The zero-order valence-electron chi connectivity index (χ0n) is 11.1. The number of hydrogen-bond donors (Lipinski definition) is 1. The molecule has 1 aliphatic rings. The van der Waals surface area contributed by atoms with Crippen LogP contribution in [0.25, 0.3) is 0 Å².